The lowest BCUT2D eigenvalue weighted by Gasteiger charge is -2.35. The van der Waals surface area contributed by atoms with Crippen LogP contribution < -0.4 is 10.1 Å². The molecule has 0 aliphatic carbocycles. The van der Waals surface area contributed by atoms with E-state index in [0.29, 0.717) is 6.04 Å². The Morgan fingerprint density at radius 3 is 2.65 bits per heavy atom. The Morgan fingerprint density at radius 1 is 1.35 bits per heavy atom. The normalized spacial score (nSPS) is 18.8. The molecule has 1 aliphatic heterocycles. The smallest absolute Gasteiger partial charge is 0.142 e. The predicted molar refractivity (Wildman–Crippen MR) is 85.7 cm³/mol. The number of benzene rings is 1. The Bertz CT molecular complexity index is 425. The zero-order valence-corrected chi connectivity index (χ0v) is 13.3. The molecule has 1 atom stereocenters. The summed E-state index contributed by atoms with van der Waals surface area (Å²) in [6.45, 7) is 10.3. The molecule has 1 fully saturated rings. The molecule has 1 aliphatic rings. The summed E-state index contributed by atoms with van der Waals surface area (Å²) in [5.74, 6) is 1.70. The Balaban J connectivity index is 1.96. The lowest BCUT2D eigenvalue weighted by Crippen LogP contribution is -2.39. The molecule has 2 rings (SSSR count). The average molecular weight is 276 g/mol. The first-order chi connectivity index (χ1) is 9.63. The number of anilines is 1. The number of nitrogens with zero attached hydrogens (tertiary/aromatic N) is 1. The highest BCUT2D eigenvalue weighted by Gasteiger charge is 2.23. The van der Waals surface area contributed by atoms with E-state index in [1.54, 1.807) is 7.11 Å². The van der Waals surface area contributed by atoms with Crippen LogP contribution in [0.25, 0.3) is 0 Å². The Labute approximate surface area is 123 Å². The first-order valence-corrected chi connectivity index (χ1v) is 7.77. The van der Waals surface area contributed by atoms with Crippen molar-refractivity contribution in [2.45, 2.75) is 39.7 Å². The van der Waals surface area contributed by atoms with Gasteiger partial charge in [0, 0.05) is 6.04 Å². The minimum absolute atomic E-state index is 0.491. The van der Waals surface area contributed by atoms with Gasteiger partial charge >= 0.3 is 0 Å². The Kier molecular flexibility index (Phi) is 5.30. The van der Waals surface area contributed by atoms with Crippen molar-refractivity contribution in [3.05, 3.63) is 23.8 Å². The van der Waals surface area contributed by atoms with Crippen molar-refractivity contribution in [2.75, 3.05) is 32.1 Å². The molecule has 1 heterocycles. The molecule has 1 aromatic carbocycles. The molecule has 1 N–H and O–H groups in total. The van der Waals surface area contributed by atoms with E-state index in [9.17, 15) is 0 Å². The van der Waals surface area contributed by atoms with Crippen LogP contribution in [-0.4, -0.2) is 37.7 Å². The zero-order chi connectivity index (χ0) is 14.5. The summed E-state index contributed by atoms with van der Waals surface area (Å²) in [5, 5.41) is 3.65. The van der Waals surface area contributed by atoms with Gasteiger partial charge in [-0.1, -0.05) is 13.0 Å². The van der Waals surface area contributed by atoms with Crippen LogP contribution in [0, 0.1) is 12.8 Å². The third kappa shape index (κ3) is 3.66. The minimum atomic E-state index is 0.491. The quantitative estimate of drug-likeness (QED) is 0.890. The SMILES string of the molecule is CCN1CCC(C(C)Nc2ccc(C)cc2OC)CC1. The van der Waals surface area contributed by atoms with Crippen LogP contribution in [0.3, 0.4) is 0 Å². The lowest BCUT2D eigenvalue weighted by atomic mass is 9.90. The summed E-state index contributed by atoms with van der Waals surface area (Å²) in [7, 11) is 1.74. The van der Waals surface area contributed by atoms with Gasteiger partial charge in [-0.3, -0.25) is 0 Å². The van der Waals surface area contributed by atoms with Crippen molar-refractivity contribution < 1.29 is 4.74 Å². The van der Waals surface area contributed by atoms with Gasteiger partial charge in [0.1, 0.15) is 5.75 Å². The van der Waals surface area contributed by atoms with Gasteiger partial charge in [0.25, 0.3) is 0 Å². The number of ether oxygens (including phenoxy) is 1. The average Bonchev–Trinajstić information content (AvgIpc) is 2.49. The highest BCUT2D eigenvalue weighted by Crippen LogP contribution is 2.29. The van der Waals surface area contributed by atoms with E-state index in [2.05, 4.69) is 49.2 Å². The van der Waals surface area contributed by atoms with Gasteiger partial charge in [-0.15, -0.1) is 0 Å². The van der Waals surface area contributed by atoms with E-state index in [4.69, 9.17) is 4.74 Å². The van der Waals surface area contributed by atoms with Gasteiger partial charge in [-0.25, -0.2) is 0 Å². The van der Waals surface area contributed by atoms with Crippen LogP contribution in [0.2, 0.25) is 0 Å². The molecule has 1 unspecified atom stereocenters. The van der Waals surface area contributed by atoms with Crippen LogP contribution in [0.4, 0.5) is 5.69 Å². The second-order valence-electron chi connectivity index (χ2n) is 5.91. The van der Waals surface area contributed by atoms with E-state index >= 15 is 0 Å². The molecule has 112 valence electrons. The number of rotatable bonds is 5. The van der Waals surface area contributed by atoms with Crippen molar-refractivity contribution >= 4 is 5.69 Å². The van der Waals surface area contributed by atoms with E-state index in [-0.39, 0.29) is 0 Å². The van der Waals surface area contributed by atoms with Gasteiger partial charge < -0.3 is 15.0 Å². The van der Waals surface area contributed by atoms with Crippen LogP contribution in [0.15, 0.2) is 18.2 Å². The number of piperidine rings is 1. The maximum Gasteiger partial charge on any atom is 0.142 e. The lowest BCUT2D eigenvalue weighted by molar-refractivity contribution is 0.183. The molecule has 1 aromatic rings. The molecule has 3 nitrogen and oxygen atoms in total. The summed E-state index contributed by atoms with van der Waals surface area (Å²) >= 11 is 0. The zero-order valence-electron chi connectivity index (χ0n) is 13.3. The second kappa shape index (κ2) is 6.98. The number of hydrogen-bond acceptors (Lipinski definition) is 3. The number of hydrogen-bond donors (Lipinski definition) is 1. The molecular weight excluding hydrogens is 248 g/mol. The molecule has 0 radical (unpaired) electrons. The molecule has 0 spiro atoms. The molecule has 20 heavy (non-hydrogen) atoms. The van der Waals surface area contributed by atoms with Crippen molar-refractivity contribution in [1.82, 2.24) is 4.90 Å². The maximum atomic E-state index is 5.48. The summed E-state index contributed by atoms with van der Waals surface area (Å²) in [5.41, 5.74) is 2.35. The Hall–Kier alpha value is -1.22. The molecule has 3 heteroatoms. The summed E-state index contributed by atoms with van der Waals surface area (Å²) in [6.07, 6.45) is 2.58. The maximum absolute atomic E-state index is 5.48. The van der Waals surface area contributed by atoms with Crippen LogP contribution in [0.1, 0.15) is 32.3 Å². The highest BCUT2D eigenvalue weighted by molar-refractivity contribution is 5.58. The molecule has 0 aromatic heterocycles. The monoisotopic (exact) mass is 276 g/mol. The summed E-state index contributed by atoms with van der Waals surface area (Å²) in [6, 6.07) is 6.85. The number of nitrogens with one attached hydrogen (secondary N) is 1. The first kappa shape index (κ1) is 15.2. The van der Waals surface area contributed by atoms with E-state index in [1.807, 2.05) is 0 Å². The van der Waals surface area contributed by atoms with Crippen LogP contribution in [0.5, 0.6) is 5.75 Å². The van der Waals surface area contributed by atoms with Crippen LogP contribution >= 0.6 is 0 Å². The van der Waals surface area contributed by atoms with Crippen molar-refractivity contribution in [3.63, 3.8) is 0 Å². The van der Waals surface area contributed by atoms with Crippen LogP contribution in [-0.2, 0) is 0 Å². The van der Waals surface area contributed by atoms with Gasteiger partial charge in [0.2, 0.25) is 0 Å². The molecule has 1 saturated heterocycles. The topological polar surface area (TPSA) is 24.5 Å². The fourth-order valence-electron chi connectivity index (χ4n) is 3.05. The third-order valence-corrected chi connectivity index (χ3v) is 4.53. The summed E-state index contributed by atoms with van der Waals surface area (Å²) < 4.78 is 5.48. The van der Waals surface area contributed by atoms with Gasteiger partial charge in [-0.05, 0) is 69.9 Å². The minimum Gasteiger partial charge on any atom is -0.495 e. The van der Waals surface area contributed by atoms with E-state index < -0.39 is 0 Å². The third-order valence-electron chi connectivity index (χ3n) is 4.53. The molecular formula is C17H28N2O. The fourth-order valence-corrected chi connectivity index (χ4v) is 3.05. The fraction of sp³-hybridized carbons (Fsp3) is 0.647. The summed E-state index contributed by atoms with van der Waals surface area (Å²) in [4.78, 5) is 2.54. The number of aryl methyl sites for hydroxylation is 1. The van der Waals surface area contributed by atoms with Crippen molar-refractivity contribution in [2.24, 2.45) is 5.92 Å². The first-order valence-electron chi connectivity index (χ1n) is 7.77. The second-order valence-corrected chi connectivity index (χ2v) is 5.91. The van der Waals surface area contributed by atoms with E-state index in [0.717, 1.165) is 17.4 Å². The van der Waals surface area contributed by atoms with Crippen molar-refractivity contribution in [1.29, 1.82) is 0 Å². The molecule has 0 saturated carbocycles. The van der Waals surface area contributed by atoms with Crippen molar-refractivity contribution in [3.8, 4) is 5.75 Å². The van der Waals surface area contributed by atoms with Gasteiger partial charge in [0.05, 0.1) is 12.8 Å². The number of methoxy groups -OCH3 is 1. The molecule has 0 bridgehead atoms. The van der Waals surface area contributed by atoms with E-state index in [1.165, 1.54) is 38.0 Å². The standard InChI is InChI=1S/C17H28N2O/c1-5-19-10-8-15(9-11-19)14(3)18-16-7-6-13(2)12-17(16)20-4/h6-7,12,14-15,18H,5,8-11H2,1-4H3. The highest BCUT2D eigenvalue weighted by atomic mass is 16.5. The van der Waals surface area contributed by atoms with Gasteiger partial charge in [-0.2, -0.15) is 0 Å². The van der Waals surface area contributed by atoms with Gasteiger partial charge in [0.15, 0.2) is 0 Å². The predicted octanol–water partition coefficient (Wildman–Crippen LogP) is 3.54. The largest absolute Gasteiger partial charge is 0.495 e. The number of likely N-dealkylation sites (tertiary alicyclic amines) is 1. The Morgan fingerprint density at radius 2 is 2.05 bits per heavy atom. The molecule has 0 amide bonds.